The molecule has 6 aromatic rings. The zero-order valence-corrected chi connectivity index (χ0v) is 19.1. The fourth-order valence-corrected chi connectivity index (χ4v) is 4.76. The molecule has 0 atom stereocenters. The molecule has 0 aliphatic heterocycles. The van der Waals surface area contributed by atoms with Crippen molar-refractivity contribution in [3.8, 4) is 45.8 Å². The topological polar surface area (TPSA) is 92.0 Å². The molecule has 0 bridgehead atoms. The number of benzene rings is 3. The average Bonchev–Trinajstić information content (AvgIpc) is 3.52. The number of aromatic nitrogens is 3. The Kier molecular flexibility index (Phi) is 4.85. The van der Waals surface area contributed by atoms with E-state index in [1.807, 2.05) is 73.1 Å². The van der Waals surface area contributed by atoms with Gasteiger partial charge in [-0.3, -0.25) is 0 Å². The summed E-state index contributed by atoms with van der Waals surface area (Å²) in [5, 5.41) is 23.2. The summed E-state index contributed by atoms with van der Waals surface area (Å²) >= 11 is 6.15. The number of aromatic amines is 2. The van der Waals surface area contributed by atoms with E-state index in [0.717, 1.165) is 38.5 Å². The molecule has 164 valence electrons. The Labute approximate surface area is 205 Å². The number of H-pyrrole nitrogens is 2. The minimum Gasteiger partial charge on any atom is -0.360 e. The Hall–Kier alpha value is -4.84. The number of nitrogens with zero attached hydrogens (tertiary/aromatic N) is 3. The first-order valence-corrected chi connectivity index (χ1v) is 11.3. The van der Waals surface area contributed by atoms with Gasteiger partial charge in [0.05, 0.1) is 22.5 Å². The molecule has 0 saturated heterocycles. The number of hydrogen-bond donors (Lipinski definition) is 2. The number of rotatable bonds is 3. The van der Waals surface area contributed by atoms with Gasteiger partial charge in [-0.25, -0.2) is 4.98 Å². The molecule has 2 N–H and O–H groups in total. The molecule has 35 heavy (non-hydrogen) atoms. The maximum atomic E-state index is 10.4. The fraction of sp³-hybridized carbons (Fsp3) is 0. The van der Waals surface area contributed by atoms with E-state index < -0.39 is 0 Å². The second-order valence-corrected chi connectivity index (χ2v) is 8.60. The first kappa shape index (κ1) is 20.7. The standard InChI is InChI=1S/C29H16ClN5/c30-18-11-9-17(10-12-18)27-21(13-31)28(23-15-33-25-7-3-1-5-19(23)25)35-29(22(27)14-32)24-16-34-26-8-4-2-6-20(24)26/h1-12,15-16,33-34H. The third kappa shape index (κ3) is 3.27. The Morgan fingerprint density at radius 2 is 1.14 bits per heavy atom. The summed E-state index contributed by atoms with van der Waals surface area (Å²) in [6.45, 7) is 0. The van der Waals surface area contributed by atoms with E-state index in [4.69, 9.17) is 16.6 Å². The molecule has 0 radical (unpaired) electrons. The molecule has 6 rings (SSSR count). The molecule has 0 spiro atoms. The first-order chi connectivity index (χ1) is 17.2. The highest BCUT2D eigenvalue weighted by atomic mass is 35.5. The predicted octanol–water partition coefficient (Wildman–Crippen LogP) is 7.44. The van der Waals surface area contributed by atoms with Gasteiger partial charge in [0.2, 0.25) is 0 Å². The Balaban J connectivity index is 1.77. The van der Waals surface area contributed by atoms with Crippen LogP contribution < -0.4 is 0 Å². The van der Waals surface area contributed by atoms with E-state index in [1.165, 1.54) is 0 Å². The van der Waals surface area contributed by atoms with Crippen LogP contribution in [0.15, 0.2) is 85.2 Å². The van der Waals surface area contributed by atoms with E-state index in [-0.39, 0.29) is 0 Å². The van der Waals surface area contributed by atoms with Crippen LogP contribution in [0.5, 0.6) is 0 Å². The van der Waals surface area contributed by atoms with E-state index in [0.29, 0.717) is 33.1 Å². The minimum absolute atomic E-state index is 0.345. The fourth-order valence-electron chi connectivity index (χ4n) is 4.63. The highest BCUT2D eigenvalue weighted by Crippen LogP contribution is 2.41. The van der Waals surface area contributed by atoms with Crippen molar-refractivity contribution in [1.82, 2.24) is 15.0 Å². The van der Waals surface area contributed by atoms with Gasteiger partial charge in [0.15, 0.2) is 0 Å². The van der Waals surface area contributed by atoms with Crippen LogP contribution in [0.3, 0.4) is 0 Å². The summed E-state index contributed by atoms with van der Waals surface area (Å²) in [7, 11) is 0. The largest absolute Gasteiger partial charge is 0.360 e. The van der Waals surface area contributed by atoms with Crippen LogP contribution in [0.25, 0.3) is 55.4 Å². The van der Waals surface area contributed by atoms with E-state index in [9.17, 15) is 10.5 Å². The van der Waals surface area contributed by atoms with Gasteiger partial charge >= 0.3 is 0 Å². The van der Waals surface area contributed by atoms with Gasteiger partial charge in [0.25, 0.3) is 0 Å². The zero-order chi connectivity index (χ0) is 23.9. The minimum atomic E-state index is 0.345. The van der Waals surface area contributed by atoms with Crippen LogP contribution in [-0.2, 0) is 0 Å². The van der Waals surface area contributed by atoms with Crippen LogP contribution in [0, 0.1) is 22.7 Å². The van der Waals surface area contributed by atoms with E-state index in [1.54, 1.807) is 12.1 Å². The predicted molar refractivity (Wildman–Crippen MR) is 139 cm³/mol. The van der Waals surface area contributed by atoms with Crippen LogP contribution in [0.2, 0.25) is 5.02 Å². The second kappa shape index (κ2) is 8.18. The number of nitriles is 2. The van der Waals surface area contributed by atoms with Gasteiger partial charge in [0, 0.05) is 55.9 Å². The van der Waals surface area contributed by atoms with Crippen LogP contribution in [0.1, 0.15) is 11.1 Å². The van der Waals surface area contributed by atoms with Crippen molar-refractivity contribution >= 4 is 33.4 Å². The summed E-state index contributed by atoms with van der Waals surface area (Å²) in [6.07, 6.45) is 3.73. The van der Waals surface area contributed by atoms with Gasteiger partial charge < -0.3 is 9.97 Å². The molecule has 0 fully saturated rings. The van der Waals surface area contributed by atoms with Crippen molar-refractivity contribution in [3.63, 3.8) is 0 Å². The lowest BCUT2D eigenvalue weighted by molar-refractivity contribution is 1.28. The number of halogens is 1. The maximum absolute atomic E-state index is 10.4. The normalized spacial score (nSPS) is 10.9. The number of para-hydroxylation sites is 2. The number of pyridine rings is 1. The third-order valence-corrected chi connectivity index (χ3v) is 6.49. The van der Waals surface area contributed by atoms with Gasteiger partial charge in [0.1, 0.15) is 12.1 Å². The van der Waals surface area contributed by atoms with Gasteiger partial charge in [-0.1, -0.05) is 60.1 Å². The maximum Gasteiger partial charge on any atom is 0.102 e. The summed E-state index contributed by atoms with van der Waals surface area (Å²) in [5.74, 6) is 0. The molecular formula is C29H16ClN5. The molecule has 0 unspecified atom stereocenters. The molecule has 5 nitrogen and oxygen atoms in total. The summed E-state index contributed by atoms with van der Waals surface area (Å²) < 4.78 is 0. The van der Waals surface area contributed by atoms with Gasteiger partial charge in [-0.15, -0.1) is 0 Å². The Morgan fingerprint density at radius 3 is 1.63 bits per heavy atom. The SMILES string of the molecule is N#Cc1c(-c2c[nH]c3ccccc23)nc(-c2c[nH]c3ccccc23)c(C#N)c1-c1ccc(Cl)cc1. The monoisotopic (exact) mass is 469 g/mol. The van der Waals surface area contributed by atoms with Gasteiger partial charge in [-0.2, -0.15) is 10.5 Å². The summed E-state index contributed by atoms with van der Waals surface area (Å²) in [5.41, 5.74) is 6.50. The molecule has 0 aliphatic rings. The molecule has 3 heterocycles. The van der Waals surface area contributed by atoms with Crippen LogP contribution in [-0.4, -0.2) is 15.0 Å². The van der Waals surface area contributed by atoms with Crippen molar-refractivity contribution in [2.45, 2.75) is 0 Å². The van der Waals surface area contributed by atoms with Crippen LogP contribution in [0.4, 0.5) is 0 Å². The number of hydrogen-bond acceptors (Lipinski definition) is 3. The summed E-state index contributed by atoms with van der Waals surface area (Å²) in [4.78, 5) is 11.6. The van der Waals surface area contributed by atoms with Crippen molar-refractivity contribution in [2.24, 2.45) is 0 Å². The Morgan fingerprint density at radius 1 is 0.657 bits per heavy atom. The number of fused-ring (bicyclic) bond motifs is 2. The van der Waals surface area contributed by atoms with Crippen molar-refractivity contribution < 1.29 is 0 Å². The van der Waals surface area contributed by atoms with Crippen molar-refractivity contribution in [3.05, 3.63) is 101 Å². The molecule has 0 amide bonds. The first-order valence-electron chi connectivity index (χ1n) is 11.0. The Bertz CT molecular complexity index is 1720. The zero-order valence-electron chi connectivity index (χ0n) is 18.3. The lowest BCUT2D eigenvalue weighted by Crippen LogP contribution is -2.01. The molecule has 6 heteroatoms. The second-order valence-electron chi connectivity index (χ2n) is 8.16. The van der Waals surface area contributed by atoms with Crippen LogP contribution >= 0.6 is 11.6 Å². The lowest BCUT2D eigenvalue weighted by Gasteiger charge is -2.15. The smallest absolute Gasteiger partial charge is 0.102 e. The molecule has 0 saturated carbocycles. The quantitative estimate of drug-likeness (QED) is 0.282. The van der Waals surface area contributed by atoms with E-state index >= 15 is 0 Å². The highest BCUT2D eigenvalue weighted by molar-refractivity contribution is 6.30. The highest BCUT2D eigenvalue weighted by Gasteiger charge is 2.25. The molecule has 0 aliphatic carbocycles. The molecule has 3 aromatic carbocycles. The number of nitrogens with one attached hydrogen (secondary N) is 2. The molecule has 3 aromatic heterocycles. The molecular weight excluding hydrogens is 454 g/mol. The lowest BCUT2D eigenvalue weighted by atomic mass is 9.89. The average molecular weight is 470 g/mol. The third-order valence-electron chi connectivity index (χ3n) is 6.24. The van der Waals surface area contributed by atoms with Gasteiger partial charge in [-0.05, 0) is 29.8 Å². The van der Waals surface area contributed by atoms with E-state index in [2.05, 4.69) is 22.1 Å². The van der Waals surface area contributed by atoms with Crippen molar-refractivity contribution in [1.29, 1.82) is 10.5 Å². The van der Waals surface area contributed by atoms with Crippen molar-refractivity contribution in [2.75, 3.05) is 0 Å². The summed E-state index contributed by atoms with van der Waals surface area (Å²) in [6, 6.07) is 27.6.